The fraction of sp³-hybridized carbons (Fsp3) is 0.375. The molecule has 0 aliphatic carbocycles. The van der Waals surface area contributed by atoms with E-state index in [1.807, 2.05) is 19.9 Å². The fourth-order valence-electron chi connectivity index (χ4n) is 2.25. The van der Waals surface area contributed by atoms with E-state index in [-0.39, 0.29) is 11.8 Å². The van der Waals surface area contributed by atoms with E-state index in [0.29, 0.717) is 6.54 Å². The van der Waals surface area contributed by atoms with Crippen molar-refractivity contribution < 1.29 is 17.9 Å². The van der Waals surface area contributed by atoms with Gasteiger partial charge in [-0.15, -0.1) is 0 Å². The van der Waals surface area contributed by atoms with Gasteiger partial charge in [-0.2, -0.15) is 8.78 Å². The second-order valence-electron chi connectivity index (χ2n) is 4.99. The third-order valence-electron chi connectivity index (χ3n) is 3.31. The third-order valence-corrected chi connectivity index (χ3v) is 3.31. The lowest BCUT2D eigenvalue weighted by Gasteiger charge is -2.13. The number of benzene rings is 1. The molecular formula is C16H19F2NO2. The summed E-state index contributed by atoms with van der Waals surface area (Å²) >= 11 is 0. The zero-order chi connectivity index (χ0) is 15.4. The number of hydrogen-bond donors (Lipinski definition) is 1. The van der Waals surface area contributed by atoms with E-state index in [9.17, 15) is 8.78 Å². The van der Waals surface area contributed by atoms with Crippen LogP contribution in [0, 0.1) is 13.8 Å². The Balaban J connectivity index is 1.92. The largest absolute Gasteiger partial charge is 0.466 e. The molecule has 0 fully saturated rings. The highest BCUT2D eigenvalue weighted by atomic mass is 19.3. The van der Waals surface area contributed by atoms with Crippen LogP contribution in [-0.4, -0.2) is 6.61 Å². The standard InChI is InChI=1S/C16H19F2NO2/c1-10-8-15(12(3)20-10)11(2)19-9-13-4-6-14(7-5-13)21-16(17)18/h4-8,11,16,19H,9H2,1-3H3. The van der Waals surface area contributed by atoms with Crippen LogP contribution in [-0.2, 0) is 6.54 Å². The van der Waals surface area contributed by atoms with Gasteiger partial charge in [0.25, 0.3) is 0 Å². The molecule has 0 amide bonds. The molecule has 0 aliphatic heterocycles. The Kier molecular flexibility index (Phi) is 4.96. The maximum atomic E-state index is 12.1. The monoisotopic (exact) mass is 295 g/mol. The summed E-state index contributed by atoms with van der Waals surface area (Å²) in [4.78, 5) is 0. The van der Waals surface area contributed by atoms with Crippen LogP contribution in [0.1, 0.15) is 35.6 Å². The molecule has 1 atom stereocenters. The molecule has 2 aromatic rings. The van der Waals surface area contributed by atoms with Crippen molar-refractivity contribution in [3.8, 4) is 5.75 Å². The number of hydrogen-bond acceptors (Lipinski definition) is 3. The van der Waals surface area contributed by atoms with E-state index < -0.39 is 6.61 Å². The van der Waals surface area contributed by atoms with Crippen LogP contribution in [0.4, 0.5) is 8.78 Å². The molecule has 2 rings (SSSR count). The van der Waals surface area contributed by atoms with Crippen LogP contribution < -0.4 is 10.1 Å². The SMILES string of the molecule is Cc1cc(C(C)NCc2ccc(OC(F)F)cc2)c(C)o1. The number of ether oxygens (including phenoxy) is 1. The first-order chi connectivity index (χ1) is 9.95. The Labute approximate surface area is 122 Å². The normalized spacial score (nSPS) is 12.7. The van der Waals surface area contributed by atoms with Gasteiger partial charge in [0.2, 0.25) is 0 Å². The summed E-state index contributed by atoms with van der Waals surface area (Å²) in [7, 11) is 0. The molecule has 0 radical (unpaired) electrons. The first-order valence-electron chi connectivity index (χ1n) is 6.80. The molecule has 0 bridgehead atoms. The Hall–Kier alpha value is -1.88. The van der Waals surface area contributed by atoms with Crippen LogP contribution in [0.2, 0.25) is 0 Å². The van der Waals surface area contributed by atoms with Crippen molar-refractivity contribution in [1.29, 1.82) is 0 Å². The molecular weight excluding hydrogens is 276 g/mol. The van der Waals surface area contributed by atoms with Crippen LogP contribution >= 0.6 is 0 Å². The molecule has 21 heavy (non-hydrogen) atoms. The van der Waals surface area contributed by atoms with Crippen molar-refractivity contribution in [2.45, 2.75) is 40.0 Å². The average Bonchev–Trinajstić information content (AvgIpc) is 2.76. The lowest BCUT2D eigenvalue weighted by atomic mass is 10.1. The summed E-state index contributed by atoms with van der Waals surface area (Å²) in [5, 5.41) is 3.38. The van der Waals surface area contributed by atoms with E-state index in [2.05, 4.69) is 17.0 Å². The second-order valence-corrected chi connectivity index (χ2v) is 4.99. The summed E-state index contributed by atoms with van der Waals surface area (Å²) in [6.07, 6.45) is 0. The van der Waals surface area contributed by atoms with Gasteiger partial charge in [-0.25, -0.2) is 0 Å². The van der Waals surface area contributed by atoms with Crippen LogP contribution in [0.3, 0.4) is 0 Å². The predicted octanol–water partition coefficient (Wildman–Crippen LogP) is 4.35. The Morgan fingerprint density at radius 3 is 2.38 bits per heavy atom. The highest BCUT2D eigenvalue weighted by Crippen LogP contribution is 2.22. The van der Waals surface area contributed by atoms with Crippen molar-refractivity contribution in [3.05, 3.63) is 53.0 Å². The highest BCUT2D eigenvalue weighted by molar-refractivity contribution is 5.28. The molecule has 0 aliphatic rings. The van der Waals surface area contributed by atoms with E-state index in [0.717, 1.165) is 22.6 Å². The molecule has 1 N–H and O–H groups in total. The maximum Gasteiger partial charge on any atom is 0.387 e. The van der Waals surface area contributed by atoms with Crippen molar-refractivity contribution in [2.24, 2.45) is 0 Å². The van der Waals surface area contributed by atoms with Gasteiger partial charge in [-0.3, -0.25) is 0 Å². The molecule has 114 valence electrons. The number of nitrogens with one attached hydrogen (secondary N) is 1. The van der Waals surface area contributed by atoms with Gasteiger partial charge < -0.3 is 14.5 Å². The second kappa shape index (κ2) is 6.72. The van der Waals surface area contributed by atoms with E-state index in [4.69, 9.17) is 4.42 Å². The maximum absolute atomic E-state index is 12.1. The van der Waals surface area contributed by atoms with Crippen molar-refractivity contribution >= 4 is 0 Å². The number of alkyl halides is 2. The van der Waals surface area contributed by atoms with Crippen LogP contribution in [0.15, 0.2) is 34.7 Å². The van der Waals surface area contributed by atoms with E-state index in [1.54, 1.807) is 24.3 Å². The Morgan fingerprint density at radius 1 is 1.19 bits per heavy atom. The minimum Gasteiger partial charge on any atom is -0.466 e. The van der Waals surface area contributed by atoms with E-state index >= 15 is 0 Å². The van der Waals surface area contributed by atoms with Crippen molar-refractivity contribution in [3.63, 3.8) is 0 Å². The summed E-state index contributed by atoms with van der Waals surface area (Å²) < 4.78 is 33.9. The molecule has 5 heteroatoms. The van der Waals surface area contributed by atoms with Crippen molar-refractivity contribution in [1.82, 2.24) is 5.32 Å². The molecule has 1 heterocycles. The summed E-state index contributed by atoms with van der Waals surface area (Å²) in [6, 6.07) is 8.80. The number of rotatable bonds is 6. The fourth-order valence-corrected chi connectivity index (χ4v) is 2.25. The average molecular weight is 295 g/mol. The molecule has 1 aromatic heterocycles. The van der Waals surface area contributed by atoms with E-state index in [1.165, 1.54) is 0 Å². The molecule has 0 spiro atoms. The summed E-state index contributed by atoms with van der Waals surface area (Å²) in [5.74, 6) is 1.97. The first-order valence-corrected chi connectivity index (χ1v) is 6.80. The smallest absolute Gasteiger partial charge is 0.387 e. The van der Waals surface area contributed by atoms with Crippen LogP contribution in [0.25, 0.3) is 0 Å². The van der Waals surface area contributed by atoms with Crippen LogP contribution in [0.5, 0.6) is 5.75 Å². The molecule has 0 saturated heterocycles. The molecule has 3 nitrogen and oxygen atoms in total. The molecule has 0 saturated carbocycles. The number of aryl methyl sites for hydroxylation is 2. The quantitative estimate of drug-likeness (QED) is 0.860. The zero-order valence-corrected chi connectivity index (χ0v) is 12.3. The van der Waals surface area contributed by atoms with Gasteiger partial charge in [-0.1, -0.05) is 12.1 Å². The van der Waals surface area contributed by atoms with Crippen molar-refractivity contribution in [2.75, 3.05) is 0 Å². The summed E-state index contributed by atoms with van der Waals surface area (Å²) in [5.41, 5.74) is 2.13. The van der Waals surface area contributed by atoms with Gasteiger partial charge in [-0.05, 0) is 44.5 Å². The Morgan fingerprint density at radius 2 is 1.86 bits per heavy atom. The lowest BCUT2D eigenvalue weighted by molar-refractivity contribution is -0.0498. The van der Waals surface area contributed by atoms with Gasteiger partial charge in [0, 0.05) is 18.2 Å². The lowest BCUT2D eigenvalue weighted by Crippen LogP contribution is -2.18. The number of halogens is 2. The van der Waals surface area contributed by atoms with Gasteiger partial charge >= 0.3 is 6.61 Å². The van der Waals surface area contributed by atoms with Gasteiger partial charge in [0.15, 0.2) is 0 Å². The zero-order valence-electron chi connectivity index (χ0n) is 12.3. The summed E-state index contributed by atoms with van der Waals surface area (Å²) in [6.45, 7) is 3.77. The van der Waals surface area contributed by atoms with Gasteiger partial charge in [0.1, 0.15) is 17.3 Å². The minimum absolute atomic E-state index is 0.152. The first kappa shape index (κ1) is 15.5. The molecule has 1 aromatic carbocycles. The topological polar surface area (TPSA) is 34.4 Å². The third kappa shape index (κ3) is 4.29. The van der Waals surface area contributed by atoms with Gasteiger partial charge in [0.05, 0.1) is 0 Å². The molecule has 1 unspecified atom stereocenters. The highest BCUT2D eigenvalue weighted by Gasteiger charge is 2.12. The predicted molar refractivity (Wildman–Crippen MR) is 76.5 cm³/mol. The number of furan rings is 1. The Bertz CT molecular complexity index is 578. The minimum atomic E-state index is -2.79.